The molecule has 0 aromatic heterocycles. The topological polar surface area (TPSA) is 93.1 Å². The number of carboxylic acids is 2. The molecule has 0 saturated heterocycles. The third-order valence-corrected chi connectivity index (χ3v) is 3.89. The van der Waals surface area contributed by atoms with Gasteiger partial charge in [0.1, 0.15) is 11.5 Å². The molecule has 132 valence electrons. The van der Waals surface area contributed by atoms with Gasteiger partial charge in [-0.15, -0.1) is 0 Å². The zero-order chi connectivity index (χ0) is 18.4. The lowest BCUT2D eigenvalue weighted by Gasteiger charge is -2.33. The van der Waals surface area contributed by atoms with E-state index in [1.807, 2.05) is 13.8 Å². The molecule has 0 fully saturated rings. The van der Waals surface area contributed by atoms with Crippen LogP contribution in [-0.4, -0.2) is 27.9 Å². The van der Waals surface area contributed by atoms with Gasteiger partial charge >= 0.3 is 11.9 Å². The highest BCUT2D eigenvalue weighted by Gasteiger charge is 2.31. The average Bonchev–Trinajstić information content (AvgIpc) is 2.62. The van der Waals surface area contributed by atoms with Gasteiger partial charge in [0.05, 0.1) is 11.1 Å². The molecule has 2 N–H and O–H groups in total. The molecule has 25 heavy (non-hydrogen) atoms. The van der Waals surface area contributed by atoms with Crippen LogP contribution in [-0.2, 0) is 0 Å². The molecule has 0 saturated carbocycles. The Hall–Kier alpha value is -3.02. The van der Waals surface area contributed by atoms with Crippen molar-refractivity contribution in [2.24, 2.45) is 0 Å². The normalized spacial score (nSPS) is 11.0. The van der Waals surface area contributed by atoms with Crippen molar-refractivity contribution in [1.29, 1.82) is 0 Å². The standard InChI is InChI=1S/C19H20O6/c1-3-19(4-2,24-15-9-5-13(6-10-15)17(20)21)25-16-11-7-14(8-12-16)18(22)23/h5-12H,3-4H2,1-2H3,(H,20,21)(H,22,23). The van der Waals surface area contributed by atoms with Crippen LogP contribution in [0.1, 0.15) is 47.4 Å². The Morgan fingerprint density at radius 1 is 0.760 bits per heavy atom. The first kappa shape index (κ1) is 18.3. The minimum absolute atomic E-state index is 0.177. The number of hydrogen-bond acceptors (Lipinski definition) is 4. The van der Waals surface area contributed by atoms with Crippen molar-refractivity contribution in [2.45, 2.75) is 32.5 Å². The van der Waals surface area contributed by atoms with E-state index in [1.165, 1.54) is 24.3 Å². The number of rotatable bonds is 8. The van der Waals surface area contributed by atoms with Crippen molar-refractivity contribution in [3.63, 3.8) is 0 Å². The van der Waals surface area contributed by atoms with Crippen molar-refractivity contribution in [3.05, 3.63) is 59.7 Å². The lowest BCUT2D eigenvalue weighted by atomic mass is 10.1. The van der Waals surface area contributed by atoms with Crippen LogP contribution < -0.4 is 9.47 Å². The van der Waals surface area contributed by atoms with Gasteiger partial charge in [-0.1, -0.05) is 13.8 Å². The van der Waals surface area contributed by atoms with Gasteiger partial charge in [-0.3, -0.25) is 0 Å². The molecule has 2 aromatic rings. The quantitative estimate of drug-likeness (QED) is 0.702. The highest BCUT2D eigenvalue weighted by Crippen LogP contribution is 2.29. The Bertz CT molecular complexity index is 668. The predicted molar refractivity (Wildman–Crippen MR) is 91.4 cm³/mol. The lowest BCUT2D eigenvalue weighted by Crippen LogP contribution is -2.41. The summed E-state index contributed by atoms with van der Waals surface area (Å²) in [5.74, 6) is -1.95. The first-order valence-electron chi connectivity index (χ1n) is 7.94. The summed E-state index contributed by atoms with van der Waals surface area (Å²) < 4.78 is 12.0. The predicted octanol–water partition coefficient (Wildman–Crippen LogP) is 4.06. The summed E-state index contributed by atoms with van der Waals surface area (Å²) in [6.07, 6.45) is 1.09. The Balaban J connectivity index is 2.19. The van der Waals surface area contributed by atoms with Gasteiger partial charge in [-0.2, -0.15) is 0 Å². The molecular formula is C19H20O6. The number of ether oxygens (including phenoxy) is 2. The fraction of sp³-hybridized carbons (Fsp3) is 0.263. The van der Waals surface area contributed by atoms with Gasteiger partial charge in [0.15, 0.2) is 0 Å². The van der Waals surface area contributed by atoms with E-state index in [9.17, 15) is 9.59 Å². The van der Waals surface area contributed by atoms with Gasteiger partial charge < -0.3 is 19.7 Å². The van der Waals surface area contributed by atoms with Gasteiger partial charge in [0.2, 0.25) is 0 Å². The summed E-state index contributed by atoms with van der Waals surface area (Å²) >= 11 is 0. The van der Waals surface area contributed by atoms with E-state index in [1.54, 1.807) is 24.3 Å². The maximum atomic E-state index is 10.9. The Kier molecular flexibility index (Phi) is 5.64. The molecule has 6 heteroatoms. The molecule has 6 nitrogen and oxygen atoms in total. The summed E-state index contributed by atoms with van der Waals surface area (Å²) in [5, 5.41) is 17.9. The van der Waals surface area contributed by atoms with E-state index in [2.05, 4.69) is 0 Å². The SMILES string of the molecule is CCC(CC)(Oc1ccc(C(=O)O)cc1)Oc1ccc(C(=O)O)cc1. The maximum absolute atomic E-state index is 10.9. The number of benzene rings is 2. The zero-order valence-electron chi connectivity index (χ0n) is 14.1. The molecule has 0 spiro atoms. The fourth-order valence-corrected chi connectivity index (χ4v) is 2.32. The van der Waals surface area contributed by atoms with Crippen LogP contribution in [0.4, 0.5) is 0 Å². The van der Waals surface area contributed by atoms with Crippen molar-refractivity contribution in [1.82, 2.24) is 0 Å². The molecule has 0 aliphatic heterocycles. The number of carbonyl (C=O) groups is 2. The Morgan fingerprint density at radius 3 is 1.32 bits per heavy atom. The third-order valence-electron chi connectivity index (χ3n) is 3.89. The lowest BCUT2D eigenvalue weighted by molar-refractivity contribution is -0.118. The van der Waals surface area contributed by atoms with Crippen molar-refractivity contribution in [2.75, 3.05) is 0 Å². The second kappa shape index (κ2) is 7.70. The van der Waals surface area contributed by atoms with Gasteiger partial charge in [-0.05, 0) is 48.5 Å². The molecule has 0 unspecified atom stereocenters. The largest absolute Gasteiger partial charge is 0.478 e. The van der Waals surface area contributed by atoms with Crippen LogP contribution in [0, 0.1) is 0 Å². The maximum Gasteiger partial charge on any atom is 0.335 e. The summed E-state index contributed by atoms with van der Waals surface area (Å²) in [4.78, 5) is 21.8. The highest BCUT2D eigenvalue weighted by atomic mass is 16.7. The van der Waals surface area contributed by atoms with Gasteiger partial charge in [0.25, 0.3) is 5.79 Å². The van der Waals surface area contributed by atoms with Crippen LogP contribution in [0.15, 0.2) is 48.5 Å². The Labute approximate surface area is 145 Å². The zero-order valence-corrected chi connectivity index (χ0v) is 14.1. The molecule has 0 aliphatic carbocycles. The smallest absolute Gasteiger partial charge is 0.335 e. The average molecular weight is 344 g/mol. The fourth-order valence-electron chi connectivity index (χ4n) is 2.32. The summed E-state index contributed by atoms with van der Waals surface area (Å²) in [6.45, 7) is 3.83. The minimum atomic E-state index is -1.00. The van der Waals surface area contributed by atoms with Crippen LogP contribution in [0.5, 0.6) is 11.5 Å². The van der Waals surface area contributed by atoms with E-state index in [0.717, 1.165) is 0 Å². The summed E-state index contributed by atoms with van der Waals surface area (Å²) in [7, 11) is 0. The third kappa shape index (κ3) is 4.50. The second-order valence-electron chi connectivity index (χ2n) is 5.48. The molecular weight excluding hydrogens is 324 g/mol. The van der Waals surface area contributed by atoms with Crippen LogP contribution in [0.3, 0.4) is 0 Å². The van der Waals surface area contributed by atoms with Crippen LogP contribution in [0.2, 0.25) is 0 Å². The Morgan fingerprint density at radius 2 is 1.08 bits per heavy atom. The first-order chi connectivity index (χ1) is 11.9. The van der Waals surface area contributed by atoms with Crippen LogP contribution >= 0.6 is 0 Å². The minimum Gasteiger partial charge on any atom is -0.478 e. The van der Waals surface area contributed by atoms with Gasteiger partial charge in [-0.25, -0.2) is 9.59 Å². The highest BCUT2D eigenvalue weighted by molar-refractivity contribution is 5.88. The number of hydrogen-bond donors (Lipinski definition) is 2. The molecule has 2 rings (SSSR count). The summed E-state index contributed by atoms with van der Waals surface area (Å²) in [6, 6.07) is 12.2. The van der Waals surface area contributed by atoms with E-state index in [0.29, 0.717) is 24.3 Å². The van der Waals surface area contributed by atoms with Crippen molar-refractivity contribution < 1.29 is 29.3 Å². The molecule has 0 bridgehead atoms. The number of aromatic carboxylic acids is 2. The monoisotopic (exact) mass is 344 g/mol. The van der Waals surface area contributed by atoms with E-state index < -0.39 is 17.7 Å². The van der Waals surface area contributed by atoms with Crippen molar-refractivity contribution in [3.8, 4) is 11.5 Å². The van der Waals surface area contributed by atoms with E-state index >= 15 is 0 Å². The molecule has 0 atom stereocenters. The molecule has 0 amide bonds. The molecule has 0 heterocycles. The number of carboxylic acid groups (broad SMARTS) is 2. The first-order valence-corrected chi connectivity index (χ1v) is 7.94. The molecule has 2 aromatic carbocycles. The molecule has 0 aliphatic rings. The van der Waals surface area contributed by atoms with E-state index in [4.69, 9.17) is 19.7 Å². The van der Waals surface area contributed by atoms with Crippen molar-refractivity contribution >= 4 is 11.9 Å². The summed E-state index contributed by atoms with van der Waals surface area (Å²) in [5.41, 5.74) is 0.354. The van der Waals surface area contributed by atoms with Crippen LogP contribution in [0.25, 0.3) is 0 Å². The second-order valence-corrected chi connectivity index (χ2v) is 5.48. The van der Waals surface area contributed by atoms with E-state index in [-0.39, 0.29) is 11.1 Å². The van der Waals surface area contributed by atoms with Gasteiger partial charge in [0, 0.05) is 12.8 Å². The molecule has 0 radical (unpaired) electrons.